The molecule has 1 aliphatic heterocycles. The Morgan fingerprint density at radius 2 is 2.14 bits per heavy atom. The largest absolute Gasteiger partial charge is 0.340 e. The molecule has 1 aromatic heterocycles. The van der Waals surface area contributed by atoms with Crippen molar-refractivity contribution in [2.45, 2.75) is 25.8 Å². The summed E-state index contributed by atoms with van der Waals surface area (Å²) in [6, 6.07) is 4.08. The highest BCUT2D eigenvalue weighted by Crippen LogP contribution is 2.21. The Morgan fingerprint density at radius 1 is 1.29 bits per heavy atom. The van der Waals surface area contributed by atoms with E-state index in [-0.39, 0.29) is 0 Å². The lowest BCUT2D eigenvalue weighted by Gasteiger charge is -2.35. The molecule has 2 aliphatic rings. The van der Waals surface area contributed by atoms with Crippen LogP contribution in [0, 0.1) is 5.92 Å². The summed E-state index contributed by atoms with van der Waals surface area (Å²) in [5.74, 6) is 0.804. The molecule has 0 aromatic carbocycles. The predicted molar refractivity (Wildman–Crippen MR) is 82.6 cm³/mol. The fourth-order valence-electron chi connectivity index (χ4n) is 3.12. The number of pyridine rings is 1. The summed E-state index contributed by atoms with van der Waals surface area (Å²) in [7, 11) is 0. The van der Waals surface area contributed by atoms with Gasteiger partial charge in [-0.3, -0.25) is 14.7 Å². The first-order valence-electron chi connectivity index (χ1n) is 7.87. The zero-order valence-corrected chi connectivity index (χ0v) is 12.4. The average Bonchev–Trinajstić information content (AvgIpc) is 3.02. The molecule has 112 valence electrons. The van der Waals surface area contributed by atoms with Crippen LogP contribution in [0.1, 0.15) is 24.8 Å². The maximum Gasteiger partial charge on any atom is 0.223 e. The van der Waals surface area contributed by atoms with Crippen LogP contribution in [0.3, 0.4) is 0 Å². The van der Waals surface area contributed by atoms with Crippen LogP contribution in [0.25, 0.3) is 0 Å². The molecule has 1 aromatic rings. The normalized spacial score (nSPS) is 22.7. The quantitative estimate of drug-likeness (QED) is 0.795. The molecule has 4 nitrogen and oxygen atoms in total. The standard InChI is InChI=1S/C17H23N3O/c21-17(12-15-4-1-2-5-15)20-10-8-19(9-11-20)14-16-6-3-7-18-13-16/h1,3-4,6-7,13,15H,2,5,8-12,14H2/t15-/m1/s1. The van der Waals surface area contributed by atoms with Crippen molar-refractivity contribution < 1.29 is 4.79 Å². The van der Waals surface area contributed by atoms with Crippen LogP contribution in [-0.2, 0) is 11.3 Å². The van der Waals surface area contributed by atoms with E-state index in [1.807, 2.05) is 17.2 Å². The van der Waals surface area contributed by atoms with E-state index < -0.39 is 0 Å². The number of nitrogens with zero attached hydrogens (tertiary/aromatic N) is 3. The molecule has 1 saturated heterocycles. The first-order chi connectivity index (χ1) is 10.3. The Kier molecular flexibility index (Phi) is 4.65. The zero-order chi connectivity index (χ0) is 14.5. The van der Waals surface area contributed by atoms with Crippen LogP contribution in [0.2, 0.25) is 0 Å². The molecule has 21 heavy (non-hydrogen) atoms. The van der Waals surface area contributed by atoms with Crippen LogP contribution in [0.15, 0.2) is 36.7 Å². The van der Waals surface area contributed by atoms with Crippen molar-refractivity contribution in [1.82, 2.24) is 14.8 Å². The highest BCUT2D eigenvalue weighted by atomic mass is 16.2. The minimum Gasteiger partial charge on any atom is -0.340 e. The molecule has 4 heteroatoms. The van der Waals surface area contributed by atoms with Gasteiger partial charge in [-0.2, -0.15) is 0 Å². The molecule has 0 unspecified atom stereocenters. The van der Waals surface area contributed by atoms with Crippen molar-refractivity contribution in [2.75, 3.05) is 26.2 Å². The lowest BCUT2D eigenvalue weighted by atomic mass is 10.0. The third-order valence-electron chi connectivity index (χ3n) is 4.40. The number of hydrogen-bond donors (Lipinski definition) is 0. The number of hydrogen-bond acceptors (Lipinski definition) is 3. The summed E-state index contributed by atoms with van der Waals surface area (Å²) >= 11 is 0. The second kappa shape index (κ2) is 6.85. The summed E-state index contributed by atoms with van der Waals surface area (Å²) in [4.78, 5) is 20.9. The smallest absolute Gasteiger partial charge is 0.223 e. The number of carbonyl (C=O) groups excluding carboxylic acids is 1. The first kappa shape index (κ1) is 14.3. The van der Waals surface area contributed by atoms with Gasteiger partial charge in [0, 0.05) is 51.5 Å². The van der Waals surface area contributed by atoms with Crippen LogP contribution < -0.4 is 0 Å². The fraction of sp³-hybridized carbons (Fsp3) is 0.529. The van der Waals surface area contributed by atoms with Crippen LogP contribution in [0.5, 0.6) is 0 Å². The second-order valence-corrected chi connectivity index (χ2v) is 5.99. The predicted octanol–water partition coefficient (Wildman–Crippen LogP) is 2.08. The second-order valence-electron chi connectivity index (χ2n) is 5.99. The van der Waals surface area contributed by atoms with Gasteiger partial charge in [-0.25, -0.2) is 0 Å². The van der Waals surface area contributed by atoms with Gasteiger partial charge in [0.2, 0.25) is 5.91 Å². The van der Waals surface area contributed by atoms with Crippen molar-refractivity contribution in [3.8, 4) is 0 Å². The van der Waals surface area contributed by atoms with E-state index in [4.69, 9.17) is 0 Å². The number of aromatic nitrogens is 1. The van der Waals surface area contributed by atoms with Gasteiger partial charge in [-0.15, -0.1) is 0 Å². The molecule has 1 amide bonds. The van der Waals surface area contributed by atoms with E-state index >= 15 is 0 Å². The van der Waals surface area contributed by atoms with Gasteiger partial charge in [-0.05, 0) is 30.4 Å². The first-order valence-corrected chi connectivity index (χ1v) is 7.87. The average molecular weight is 285 g/mol. The van der Waals surface area contributed by atoms with E-state index in [0.29, 0.717) is 18.2 Å². The number of rotatable bonds is 4. The highest BCUT2D eigenvalue weighted by molar-refractivity contribution is 5.76. The molecule has 0 bridgehead atoms. The molecular weight excluding hydrogens is 262 g/mol. The summed E-state index contributed by atoms with van der Waals surface area (Å²) in [6.07, 6.45) is 11.1. The van der Waals surface area contributed by atoms with E-state index in [2.05, 4.69) is 28.1 Å². The topological polar surface area (TPSA) is 36.4 Å². The monoisotopic (exact) mass is 285 g/mol. The Balaban J connectivity index is 1.44. The Bertz CT molecular complexity index is 492. The third-order valence-corrected chi connectivity index (χ3v) is 4.40. The van der Waals surface area contributed by atoms with Gasteiger partial charge in [0.05, 0.1) is 0 Å². The van der Waals surface area contributed by atoms with E-state index in [1.165, 1.54) is 5.56 Å². The third kappa shape index (κ3) is 3.91. The number of piperazine rings is 1. The van der Waals surface area contributed by atoms with E-state index in [0.717, 1.165) is 45.6 Å². The van der Waals surface area contributed by atoms with Gasteiger partial charge in [-0.1, -0.05) is 18.2 Å². The van der Waals surface area contributed by atoms with Crippen molar-refractivity contribution in [3.05, 3.63) is 42.2 Å². The lowest BCUT2D eigenvalue weighted by molar-refractivity contribution is -0.133. The Labute approximate surface area is 126 Å². The molecular formula is C17H23N3O. The van der Waals surface area contributed by atoms with Gasteiger partial charge < -0.3 is 4.90 Å². The highest BCUT2D eigenvalue weighted by Gasteiger charge is 2.23. The Hall–Kier alpha value is -1.68. The SMILES string of the molecule is O=C(C[C@@H]1C=CCC1)N1CCN(Cc2cccnc2)CC1. The molecule has 0 N–H and O–H groups in total. The number of allylic oxidation sites excluding steroid dienone is 2. The molecule has 1 atom stereocenters. The molecule has 0 radical (unpaired) electrons. The minimum atomic E-state index is 0.326. The summed E-state index contributed by atoms with van der Waals surface area (Å²) in [5.41, 5.74) is 1.24. The number of carbonyl (C=O) groups is 1. The van der Waals surface area contributed by atoms with Crippen LogP contribution >= 0.6 is 0 Å². The van der Waals surface area contributed by atoms with Gasteiger partial charge in [0.15, 0.2) is 0 Å². The Morgan fingerprint density at radius 3 is 2.81 bits per heavy atom. The summed E-state index contributed by atoms with van der Waals surface area (Å²) < 4.78 is 0. The fourth-order valence-corrected chi connectivity index (χ4v) is 3.12. The van der Waals surface area contributed by atoms with Gasteiger partial charge in [0.1, 0.15) is 0 Å². The van der Waals surface area contributed by atoms with Crippen LogP contribution in [0.4, 0.5) is 0 Å². The lowest BCUT2D eigenvalue weighted by Crippen LogP contribution is -2.48. The molecule has 1 aliphatic carbocycles. The zero-order valence-electron chi connectivity index (χ0n) is 12.4. The van der Waals surface area contributed by atoms with Crippen LogP contribution in [-0.4, -0.2) is 46.9 Å². The van der Waals surface area contributed by atoms with Crippen molar-refractivity contribution in [1.29, 1.82) is 0 Å². The molecule has 0 spiro atoms. The maximum absolute atomic E-state index is 12.3. The molecule has 2 heterocycles. The molecule has 3 rings (SSSR count). The van der Waals surface area contributed by atoms with Gasteiger partial charge >= 0.3 is 0 Å². The summed E-state index contributed by atoms with van der Waals surface area (Å²) in [5, 5.41) is 0. The maximum atomic E-state index is 12.3. The van der Waals surface area contributed by atoms with Crippen molar-refractivity contribution >= 4 is 5.91 Å². The number of amides is 1. The van der Waals surface area contributed by atoms with E-state index in [1.54, 1.807) is 6.20 Å². The summed E-state index contributed by atoms with van der Waals surface area (Å²) in [6.45, 7) is 4.56. The van der Waals surface area contributed by atoms with Gasteiger partial charge in [0.25, 0.3) is 0 Å². The van der Waals surface area contributed by atoms with Crippen molar-refractivity contribution in [3.63, 3.8) is 0 Å². The van der Waals surface area contributed by atoms with Crippen molar-refractivity contribution in [2.24, 2.45) is 5.92 Å². The van der Waals surface area contributed by atoms with E-state index in [9.17, 15) is 4.79 Å². The minimum absolute atomic E-state index is 0.326. The molecule has 0 saturated carbocycles. The molecule has 1 fully saturated rings.